The second-order valence-corrected chi connectivity index (χ2v) is 4.16. The van der Waals surface area contributed by atoms with Gasteiger partial charge in [-0.05, 0) is 31.2 Å². The van der Waals surface area contributed by atoms with Crippen LogP contribution >= 0.6 is 0 Å². The van der Waals surface area contributed by atoms with E-state index in [0.29, 0.717) is 0 Å². The molecule has 0 saturated carbocycles. The second-order valence-electron chi connectivity index (χ2n) is 4.16. The number of halogens is 4. The van der Waals surface area contributed by atoms with Gasteiger partial charge < -0.3 is 5.32 Å². The number of nitrogens with one attached hydrogen (secondary N) is 1. The molecule has 0 spiro atoms. The molecule has 1 atom stereocenters. The van der Waals surface area contributed by atoms with Gasteiger partial charge in [-0.1, -0.05) is 6.07 Å². The summed E-state index contributed by atoms with van der Waals surface area (Å²) in [7, 11) is 0. The fourth-order valence-electron chi connectivity index (χ4n) is 1.77. The zero-order chi connectivity index (χ0) is 14.0. The molecule has 0 fully saturated rings. The van der Waals surface area contributed by atoms with Crippen LogP contribution in [0.2, 0.25) is 0 Å². The van der Waals surface area contributed by atoms with Crippen LogP contribution in [0, 0.1) is 23.3 Å². The first kappa shape index (κ1) is 13.4. The Morgan fingerprint density at radius 1 is 0.842 bits per heavy atom. The zero-order valence-electron chi connectivity index (χ0n) is 10.1. The van der Waals surface area contributed by atoms with Crippen molar-refractivity contribution < 1.29 is 17.6 Å². The Kier molecular flexibility index (Phi) is 3.74. The van der Waals surface area contributed by atoms with Crippen LogP contribution in [0.25, 0.3) is 0 Å². The van der Waals surface area contributed by atoms with Crippen LogP contribution in [0.3, 0.4) is 0 Å². The molecule has 0 aliphatic carbocycles. The Balaban J connectivity index is 2.25. The van der Waals surface area contributed by atoms with Crippen molar-refractivity contribution in [1.82, 2.24) is 0 Å². The molecular formula is C14H11F4N. The minimum absolute atomic E-state index is 0.0729. The third-order valence-corrected chi connectivity index (χ3v) is 2.73. The van der Waals surface area contributed by atoms with E-state index in [-0.39, 0.29) is 11.3 Å². The first-order valence-corrected chi connectivity index (χ1v) is 5.64. The Bertz CT molecular complexity index is 598. The standard InChI is InChI=1S/C14H11F4N/c1-8(11-4-2-9(15)6-13(11)18)19-14-7-10(16)3-5-12(14)17/h2-8,19H,1H3. The van der Waals surface area contributed by atoms with E-state index in [4.69, 9.17) is 0 Å². The summed E-state index contributed by atoms with van der Waals surface area (Å²) in [6.45, 7) is 1.57. The first-order valence-electron chi connectivity index (χ1n) is 5.64. The molecule has 0 bridgehead atoms. The van der Waals surface area contributed by atoms with E-state index in [1.54, 1.807) is 6.92 Å². The number of benzene rings is 2. The number of anilines is 1. The van der Waals surface area contributed by atoms with E-state index in [9.17, 15) is 17.6 Å². The molecular weight excluding hydrogens is 258 g/mol. The topological polar surface area (TPSA) is 12.0 Å². The maximum Gasteiger partial charge on any atom is 0.146 e. The molecule has 0 amide bonds. The van der Waals surface area contributed by atoms with Gasteiger partial charge in [-0.25, -0.2) is 17.6 Å². The number of hydrogen-bond acceptors (Lipinski definition) is 1. The summed E-state index contributed by atoms with van der Waals surface area (Å²) in [5.74, 6) is -2.67. The molecule has 5 heteroatoms. The van der Waals surface area contributed by atoms with E-state index in [2.05, 4.69) is 5.32 Å². The SMILES string of the molecule is CC(Nc1cc(F)ccc1F)c1ccc(F)cc1F. The summed E-state index contributed by atoms with van der Waals surface area (Å²) >= 11 is 0. The number of rotatable bonds is 3. The molecule has 19 heavy (non-hydrogen) atoms. The van der Waals surface area contributed by atoms with E-state index in [1.165, 1.54) is 6.07 Å². The van der Waals surface area contributed by atoms with Gasteiger partial charge >= 0.3 is 0 Å². The summed E-state index contributed by atoms with van der Waals surface area (Å²) in [5, 5.41) is 2.65. The van der Waals surface area contributed by atoms with E-state index >= 15 is 0 Å². The van der Waals surface area contributed by atoms with Crippen LogP contribution in [0.5, 0.6) is 0 Å². The molecule has 0 heterocycles. The lowest BCUT2D eigenvalue weighted by Gasteiger charge is -2.17. The lowest BCUT2D eigenvalue weighted by Crippen LogP contribution is -2.10. The normalized spacial score (nSPS) is 12.3. The molecule has 0 saturated heterocycles. The lowest BCUT2D eigenvalue weighted by atomic mass is 10.1. The molecule has 2 aromatic carbocycles. The van der Waals surface area contributed by atoms with Gasteiger partial charge in [0, 0.05) is 11.6 Å². The van der Waals surface area contributed by atoms with Gasteiger partial charge in [0.05, 0.1) is 11.7 Å². The van der Waals surface area contributed by atoms with Crippen molar-refractivity contribution in [2.75, 3.05) is 5.32 Å². The highest BCUT2D eigenvalue weighted by Gasteiger charge is 2.13. The summed E-state index contributed by atoms with van der Waals surface area (Å²) < 4.78 is 52.7. The molecule has 2 aromatic rings. The van der Waals surface area contributed by atoms with Crippen molar-refractivity contribution in [1.29, 1.82) is 0 Å². The predicted octanol–water partition coefficient (Wildman–Crippen LogP) is 4.42. The minimum atomic E-state index is -0.739. The highest BCUT2D eigenvalue weighted by molar-refractivity contribution is 5.47. The molecule has 1 nitrogen and oxygen atoms in total. The van der Waals surface area contributed by atoms with Crippen molar-refractivity contribution in [3.05, 3.63) is 65.2 Å². The van der Waals surface area contributed by atoms with Gasteiger partial charge in [0.15, 0.2) is 0 Å². The summed E-state index contributed by atoms with van der Waals surface area (Å²) in [6.07, 6.45) is 0. The van der Waals surface area contributed by atoms with Crippen molar-refractivity contribution in [2.45, 2.75) is 13.0 Å². The van der Waals surface area contributed by atoms with Crippen molar-refractivity contribution in [3.8, 4) is 0 Å². The van der Waals surface area contributed by atoms with Crippen LogP contribution in [0.15, 0.2) is 36.4 Å². The highest BCUT2D eigenvalue weighted by atomic mass is 19.1. The Hall–Kier alpha value is -2.04. The summed E-state index contributed by atoms with van der Waals surface area (Å²) in [5.41, 5.74) is 0.0984. The fourth-order valence-corrected chi connectivity index (χ4v) is 1.77. The summed E-state index contributed by atoms with van der Waals surface area (Å²) in [6, 6.07) is 5.44. The predicted molar refractivity (Wildman–Crippen MR) is 64.8 cm³/mol. The van der Waals surface area contributed by atoms with E-state index < -0.39 is 29.3 Å². The van der Waals surface area contributed by atoms with Gasteiger partial charge in [-0.2, -0.15) is 0 Å². The largest absolute Gasteiger partial charge is 0.376 e. The Morgan fingerprint density at radius 2 is 1.47 bits per heavy atom. The third-order valence-electron chi connectivity index (χ3n) is 2.73. The molecule has 1 unspecified atom stereocenters. The van der Waals surface area contributed by atoms with E-state index in [1.807, 2.05) is 0 Å². The molecule has 0 aliphatic rings. The molecule has 0 aromatic heterocycles. The average Bonchev–Trinajstić information content (AvgIpc) is 2.33. The minimum Gasteiger partial charge on any atom is -0.376 e. The van der Waals surface area contributed by atoms with Crippen molar-refractivity contribution >= 4 is 5.69 Å². The fraction of sp³-hybridized carbons (Fsp3) is 0.143. The monoisotopic (exact) mass is 269 g/mol. The smallest absolute Gasteiger partial charge is 0.146 e. The molecule has 0 radical (unpaired) electrons. The van der Waals surface area contributed by atoms with Gasteiger partial charge in [0.1, 0.15) is 23.3 Å². The van der Waals surface area contributed by atoms with Gasteiger partial charge in [0.25, 0.3) is 0 Å². The number of hydrogen-bond donors (Lipinski definition) is 1. The van der Waals surface area contributed by atoms with Crippen LogP contribution in [-0.4, -0.2) is 0 Å². The van der Waals surface area contributed by atoms with Gasteiger partial charge in [0.2, 0.25) is 0 Å². The first-order chi connectivity index (χ1) is 8.97. The average molecular weight is 269 g/mol. The quantitative estimate of drug-likeness (QED) is 0.813. The summed E-state index contributed by atoms with van der Waals surface area (Å²) in [4.78, 5) is 0. The molecule has 1 N–H and O–H groups in total. The maximum atomic E-state index is 13.5. The Labute approximate surface area is 107 Å². The van der Waals surface area contributed by atoms with Crippen LogP contribution < -0.4 is 5.32 Å². The van der Waals surface area contributed by atoms with Crippen LogP contribution in [0.4, 0.5) is 23.2 Å². The van der Waals surface area contributed by atoms with Gasteiger partial charge in [-0.3, -0.25) is 0 Å². The van der Waals surface area contributed by atoms with Crippen molar-refractivity contribution in [3.63, 3.8) is 0 Å². The van der Waals surface area contributed by atoms with E-state index in [0.717, 1.165) is 30.3 Å². The molecule has 100 valence electrons. The lowest BCUT2D eigenvalue weighted by molar-refractivity contribution is 0.564. The highest BCUT2D eigenvalue weighted by Crippen LogP contribution is 2.24. The molecule has 2 rings (SSSR count). The zero-order valence-corrected chi connectivity index (χ0v) is 10.1. The van der Waals surface area contributed by atoms with Gasteiger partial charge in [-0.15, -0.1) is 0 Å². The maximum absolute atomic E-state index is 13.5. The molecule has 0 aliphatic heterocycles. The second kappa shape index (κ2) is 5.30. The van der Waals surface area contributed by atoms with Crippen molar-refractivity contribution in [2.24, 2.45) is 0 Å². The third kappa shape index (κ3) is 3.05. The Morgan fingerprint density at radius 3 is 2.16 bits per heavy atom. The van der Waals surface area contributed by atoms with Crippen LogP contribution in [-0.2, 0) is 0 Å². The van der Waals surface area contributed by atoms with Crippen LogP contribution in [0.1, 0.15) is 18.5 Å².